The van der Waals surface area contributed by atoms with Crippen molar-refractivity contribution in [1.82, 2.24) is 20.4 Å². The van der Waals surface area contributed by atoms with Gasteiger partial charge in [0.25, 0.3) is 0 Å². The molecule has 0 aliphatic carbocycles. The summed E-state index contributed by atoms with van der Waals surface area (Å²) in [6.45, 7) is 0.720. The van der Waals surface area contributed by atoms with Crippen molar-refractivity contribution in [2.24, 2.45) is 12.0 Å². The number of aromatic nitrogens is 2. The number of halogens is 1. The van der Waals surface area contributed by atoms with E-state index in [9.17, 15) is 0 Å². The lowest BCUT2D eigenvalue weighted by Crippen LogP contribution is -2.47. The first-order valence-corrected chi connectivity index (χ1v) is 6.86. The van der Waals surface area contributed by atoms with E-state index >= 15 is 0 Å². The van der Waals surface area contributed by atoms with Gasteiger partial charge in [0.05, 0.1) is 30.5 Å². The van der Waals surface area contributed by atoms with Gasteiger partial charge in [-0.15, -0.1) is 24.0 Å². The molecule has 0 radical (unpaired) electrons. The van der Waals surface area contributed by atoms with Crippen LogP contribution in [-0.2, 0) is 18.3 Å². The summed E-state index contributed by atoms with van der Waals surface area (Å²) in [5, 5.41) is 10.9. The Hall–Kier alpha value is -0.830. The summed E-state index contributed by atoms with van der Waals surface area (Å²) in [6, 6.07) is 2.40. The highest BCUT2D eigenvalue weighted by Crippen LogP contribution is 2.34. The molecular formula is C13H22IN5O. The minimum Gasteiger partial charge on any atom is -0.373 e. The maximum absolute atomic E-state index is 5.84. The third-order valence-corrected chi connectivity index (χ3v) is 4.01. The van der Waals surface area contributed by atoms with Gasteiger partial charge in [0, 0.05) is 20.3 Å². The predicted octanol–water partition coefficient (Wildman–Crippen LogP) is 1.02. The molecular weight excluding hydrogens is 369 g/mol. The lowest BCUT2D eigenvalue weighted by molar-refractivity contribution is 0.0992. The number of nitrogens with one attached hydrogen (secondary N) is 2. The Bertz CT molecular complexity index is 475. The van der Waals surface area contributed by atoms with Crippen molar-refractivity contribution >= 4 is 29.9 Å². The maximum Gasteiger partial charge on any atom is 0.191 e. The van der Waals surface area contributed by atoms with Crippen LogP contribution in [0.5, 0.6) is 0 Å². The standard InChI is InChI=1S/C13H21N5O.HI/c1-14-13(15-8-9-5-6-16-18(9)2)17-11-7-10-3-4-12(11)19-10;/h5-6,10-12H,3-4,7-8H2,1-2H3,(H2,14,15,17);1H. The number of ether oxygens (including phenoxy) is 1. The molecule has 20 heavy (non-hydrogen) atoms. The van der Waals surface area contributed by atoms with E-state index in [0.717, 1.165) is 24.6 Å². The molecule has 1 aromatic rings. The van der Waals surface area contributed by atoms with Gasteiger partial charge < -0.3 is 15.4 Å². The molecule has 3 unspecified atom stereocenters. The third kappa shape index (κ3) is 3.25. The molecule has 2 N–H and O–H groups in total. The van der Waals surface area contributed by atoms with Crippen LogP contribution in [0.4, 0.5) is 0 Å². The zero-order valence-electron chi connectivity index (χ0n) is 11.9. The summed E-state index contributed by atoms with van der Waals surface area (Å²) in [7, 11) is 3.74. The van der Waals surface area contributed by atoms with E-state index in [1.807, 2.05) is 17.8 Å². The molecule has 6 nitrogen and oxygen atoms in total. The molecule has 7 heteroatoms. The van der Waals surface area contributed by atoms with Crippen LogP contribution in [-0.4, -0.2) is 41.0 Å². The number of hydrogen-bond donors (Lipinski definition) is 2. The first kappa shape index (κ1) is 15.6. The Morgan fingerprint density at radius 3 is 2.95 bits per heavy atom. The Kier molecular flexibility index (Phi) is 5.25. The zero-order valence-corrected chi connectivity index (χ0v) is 14.2. The van der Waals surface area contributed by atoms with Gasteiger partial charge in [-0.25, -0.2) is 0 Å². The van der Waals surface area contributed by atoms with Crippen molar-refractivity contribution in [1.29, 1.82) is 0 Å². The molecule has 112 valence electrons. The van der Waals surface area contributed by atoms with E-state index in [1.165, 1.54) is 12.8 Å². The van der Waals surface area contributed by atoms with Crippen molar-refractivity contribution in [3.05, 3.63) is 18.0 Å². The van der Waals surface area contributed by atoms with E-state index in [4.69, 9.17) is 4.74 Å². The van der Waals surface area contributed by atoms with Crippen LogP contribution < -0.4 is 10.6 Å². The SMILES string of the molecule is CN=C(NCc1ccnn1C)NC1CC2CCC1O2.I. The summed E-state index contributed by atoms with van der Waals surface area (Å²) < 4.78 is 7.70. The van der Waals surface area contributed by atoms with Crippen molar-refractivity contribution in [3.63, 3.8) is 0 Å². The fraction of sp³-hybridized carbons (Fsp3) is 0.692. The van der Waals surface area contributed by atoms with Crippen LogP contribution in [0.3, 0.4) is 0 Å². The average molecular weight is 391 g/mol. The summed E-state index contributed by atoms with van der Waals surface area (Å²) >= 11 is 0. The monoisotopic (exact) mass is 391 g/mol. The van der Waals surface area contributed by atoms with Crippen molar-refractivity contribution in [3.8, 4) is 0 Å². The fourth-order valence-electron chi connectivity index (χ4n) is 2.91. The van der Waals surface area contributed by atoms with Gasteiger partial charge in [-0.05, 0) is 25.3 Å². The highest BCUT2D eigenvalue weighted by Gasteiger charge is 2.41. The molecule has 2 aliphatic heterocycles. The highest BCUT2D eigenvalue weighted by atomic mass is 127. The molecule has 0 saturated carbocycles. The molecule has 2 bridgehead atoms. The van der Waals surface area contributed by atoms with Gasteiger partial charge in [-0.2, -0.15) is 5.10 Å². The molecule has 2 fully saturated rings. The second-order valence-electron chi connectivity index (χ2n) is 5.23. The summed E-state index contributed by atoms with van der Waals surface area (Å²) in [4.78, 5) is 4.27. The molecule has 3 atom stereocenters. The minimum atomic E-state index is 0. The first-order chi connectivity index (χ1) is 9.26. The van der Waals surface area contributed by atoms with Crippen LogP contribution in [0, 0.1) is 0 Å². The molecule has 3 rings (SSSR count). The number of nitrogens with zero attached hydrogens (tertiary/aromatic N) is 3. The fourth-order valence-corrected chi connectivity index (χ4v) is 2.91. The van der Waals surface area contributed by atoms with Gasteiger partial charge in [-0.1, -0.05) is 0 Å². The van der Waals surface area contributed by atoms with E-state index in [-0.39, 0.29) is 24.0 Å². The quantitative estimate of drug-likeness (QED) is 0.459. The number of aryl methyl sites for hydroxylation is 1. The molecule has 0 spiro atoms. The van der Waals surface area contributed by atoms with Gasteiger partial charge in [0.2, 0.25) is 0 Å². The molecule has 2 saturated heterocycles. The lowest BCUT2D eigenvalue weighted by Gasteiger charge is -2.22. The second kappa shape index (κ2) is 6.75. The number of aliphatic imine (C=N–C) groups is 1. The molecule has 2 aliphatic rings. The van der Waals surface area contributed by atoms with Crippen LogP contribution in [0.25, 0.3) is 0 Å². The van der Waals surface area contributed by atoms with Crippen LogP contribution in [0.15, 0.2) is 17.3 Å². The molecule has 3 heterocycles. The number of rotatable bonds is 3. The van der Waals surface area contributed by atoms with Crippen molar-refractivity contribution < 1.29 is 4.74 Å². The summed E-state index contributed by atoms with van der Waals surface area (Å²) in [5.41, 5.74) is 1.13. The van der Waals surface area contributed by atoms with Gasteiger partial charge >= 0.3 is 0 Å². The smallest absolute Gasteiger partial charge is 0.191 e. The number of guanidine groups is 1. The van der Waals surface area contributed by atoms with E-state index in [2.05, 4.69) is 20.7 Å². The third-order valence-electron chi connectivity index (χ3n) is 4.01. The largest absolute Gasteiger partial charge is 0.373 e. The Labute approximate surface area is 136 Å². The van der Waals surface area contributed by atoms with Crippen molar-refractivity contribution in [2.45, 2.75) is 44.1 Å². The van der Waals surface area contributed by atoms with E-state index in [1.54, 1.807) is 13.2 Å². The predicted molar refractivity (Wildman–Crippen MR) is 88.3 cm³/mol. The Morgan fingerprint density at radius 2 is 2.40 bits per heavy atom. The lowest BCUT2D eigenvalue weighted by atomic mass is 9.96. The van der Waals surface area contributed by atoms with Gasteiger partial charge in [0.1, 0.15) is 0 Å². The van der Waals surface area contributed by atoms with Crippen LogP contribution in [0.1, 0.15) is 25.0 Å². The normalized spacial score (nSPS) is 28.3. The molecule has 0 aromatic carbocycles. The van der Waals surface area contributed by atoms with Gasteiger partial charge in [0.15, 0.2) is 5.96 Å². The van der Waals surface area contributed by atoms with Crippen LogP contribution >= 0.6 is 24.0 Å². The Morgan fingerprint density at radius 1 is 1.55 bits per heavy atom. The van der Waals surface area contributed by atoms with Gasteiger partial charge in [-0.3, -0.25) is 9.67 Å². The summed E-state index contributed by atoms with van der Waals surface area (Å²) in [6.07, 6.45) is 6.09. The minimum absolute atomic E-state index is 0. The second-order valence-corrected chi connectivity index (χ2v) is 5.23. The van der Waals surface area contributed by atoms with Crippen molar-refractivity contribution in [2.75, 3.05) is 7.05 Å². The van der Waals surface area contributed by atoms with E-state index < -0.39 is 0 Å². The maximum atomic E-state index is 5.84. The number of hydrogen-bond acceptors (Lipinski definition) is 3. The average Bonchev–Trinajstić information content (AvgIpc) is 3.11. The van der Waals surface area contributed by atoms with Crippen LogP contribution in [0.2, 0.25) is 0 Å². The number of fused-ring (bicyclic) bond motifs is 2. The Balaban J connectivity index is 0.00000147. The zero-order chi connectivity index (χ0) is 13.2. The van der Waals surface area contributed by atoms with E-state index in [0.29, 0.717) is 18.2 Å². The summed E-state index contributed by atoms with van der Waals surface area (Å²) in [5.74, 6) is 0.836. The molecule has 0 amide bonds. The topological polar surface area (TPSA) is 63.5 Å². The molecule has 1 aromatic heterocycles. The first-order valence-electron chi connectivity index (χ1n) is 6.86. The highest BCUT2D eigenvalue weighted by molar-refractivity contribution is 14.0.